The SMILES string of the molecule is CC1(C)C[C@@H]2C[C@@](C)(CN2c2ncnc3c2[nH]c2ccc(Cl)cc23)C1. The first-order chi connectivity index (χ1) is 11.8. The molecule has 0 amide bonds. The lowest BCUT2D eigenvalue weighted by atomic mass is 9.65. The van der Waals surface area contributed by atoms with Gasteiger partial charge in [0.25, 0.3) is 0 Å². The molecule has 1 aliphatic carbocycles. The van der Waals surface area contributed by atoms with Gasteiger partial charge in [0.05, 0.1) is 0 Å². The minimum atomic E-state index is 0.374. The lowest BCUT2D eigenvalue weighted by Crippen LogP contribution is -2.35. The monoisotopic (exact) mass is 354 g/mol. The molecule has 2 aromatic heterocycles. The fourth-order valence-corrected chi connectivity index (χ4v) is 5.75. The molecular formula is C20H23ClN4. The van der Waals surface area contributed by atoms with Gasteiger partial charge in [-0.05, 0) is 48.3 Å². The summed E-state index contributed by atoms with van der Waals surface area (Å²) < 4.78 is 0. The zero-order valence-corrected chi connectivity index (χ0v) is 15.7. The molecule has 1 N–H and O–H groups in total. The Hall–Kier alpha value is -1.81. The third-order valence-electron chi connectivity index (χ3n) is 6.01. The third-order valence-corrected chi connectivity index (χ3v) is 6.25. The molecule has 4 nitrogen and oxygen atoms in total. The molecule has 1 saturated heterocycles. The van der Waals surface area contributed by atoms with Crippen LogP contribution in [0.25, 0.3) is 21.9 Å². The molecule has 0 spiro atoms. The molecule has 2 atom stereocenters. The van der Waals surface area contributed by atoms with Gasteiger partial charge in [-0.25, -0.2) is 9.97 Å². The van der Waals surface area contributed by atoms with E-state index in [4.69, 9.17) is 16.6 Å². The number of nitrogens with zero attached hydrogens (tertiary/aromatic N) is 3. The maximum Gasteiger partial charge on any atom is 0.156 e. The van der Waals surface area contributed by atoms with Crippen LogP contribution in [0.4, 0.5) is 5.82 Å². The molecule has 3 heterocycles. The van der Waals surface area contributed by atoms with Gasteiger partial charge in [0.2, 0.25) is 0 Å². The smallest absolute Gasteiger partial charge is 0.156 e. The molecule has 5 heteroatoms. The molecule has 25 heavy (non-hydrogen) atoms. The number of nitrogens with one attached hydrogen (secondary N) is 1. The minimum Gasteiger partial charge on any atom is -0.351 e. The molecular weight excluding hydrogens is 332 g/mol. The summed E-state index contributed by atoms with van der Waals surface area (Å²) in [6, 6.07) is 6.48. The van der Waals surface area contributed by atoms with E-state index in [9.17, 15) is 0 Å². The standard InChI is InChI=1S/C20H23ClN4/c1-19(2)7-13-8-20(3,9-19)10-25(13)18-17-16(22-11-23-18)14-6-12(21)4-5-15(14)24-17/h4-6,11,13,24H,7-10H2,1-3H3/t13-,20-/m1/s1. The van der Waals surface area contributed by atoms with Crippen LogP contribution >= 0.6 is 11.6 Å². The van der Waals surface area contributed by atoms with Crippen molar-refractivity contribution in [2.24, 2.45) is 10.8 Å². The summed E-state index contributed by atoms with van der Waals surface area (Å²) in [4.78, 5) is 15.3. The van der Waals surface area contributed by atoms with E-state index in [1.807, 2.05) is 18.2 Å². The second kappa shape index (κ2) is 4.88. The molecule has 2 fully saturated rings. The Labute approximate surface area is 152 Å². The Kier molecular flexibility index (Phi) is 3.01. The largest absolute Gasteiger partial charge is 0.351 e. The number of aromatic amines is 1. The number of fused-ring (bicyclic) bond motifs is 5. The van der Waals surface area contributed by atoms with Crippen molar-refractivity contribution < 1.29 is 0 Å². The summed E-state index contributed by atoms with van der Waals surface area (Å²) in [6.07, 6.45) is 5.46. The highest BCUT2D eigenvalue weighted by Crippen LogP contribution is 2.53. The molecule has 3 aromatic rings. The second-order valence-corrected chi connectivity index (χ2v) is 9.51. The summed E-state index contributed by atoms with van der Waals surface area (Å²) in [5.74, 6) is 1.05. The van der Waals surface area contributed by atoms with Gasteiger partial charge in [-0.2, -0.15) is 0 Å². The fraction of sp³-hybridized carbons (Fsp3) is 0.500. The average molecular weight is 355 g/mol. The van der Waals surface area contributed by atoms with Crippen molar-refractivity contribution in [3.63, 3.8) is 0 Å². The maximum absolute atomic E-state index is 6.20. The number of H-pyrrole nitrogens is 1. The predicted molar refractivity (Wildman–Crippen MR) is 103 cm³/mol. The van der Waals surface area contributed by atoms with Crippen molar-refractivity contribution in [3.05, 3.63) is 29.5 Å². The second-order valence-electron chi connectivity index (χ2n) is 9.08. The van der Waals surface area contributed by atoms with E-state index >= 15 is 0 Å². The number of hydrogen-bond acceptors (Lipinski definition) is 3. The highest BCUT2D eigenvalue weighted by Gasteiger charge is 2.50. The predicted octanol–water partition coefficient (Wildman–Crippen LogP) is 5.17. The number of aromatic nitrogens is 3. The van der Waals surface area contributed by atoms with Gasteiger partial charge in [-0.3, -0.25) is 0 Å². The number of anilines is 1. The van der Waals surface area contributed by atoms with E-state index < -0.39 is 0 Å². The van der Waals surface area contributed by atoms with Crippen molar-refractivity contribution in [1.29, 1.82) is 0 Å². The average Bonchev–Trinajstić information content (AvgIpc) is 3.00. The third kappa shape index (κ3) is 2.34. The van der Waals surface area contributed by atoms with Gasteiger partial charge < -0.3 is 9.88 Å². The Morgan fingerprint density at radius 1 is 1.20 bits per heavy atom. The van der Waals surface area contributed by atoms with Crippen LogP contribution in [0, 0.1) is 10.8 Å². The van der Waals surface area contributed by atoms with Crippen molar-refractivity contribution >= 4 is 39.4 Å². The van der Waals surface area contributed by atoms with Crippen LogP contribution in [-0.4, -0.2) is 27.5 Å². The summed E-state index contributed by atoms with van der Waals surface area (Å²) in [7, 11) is 0. The summed E-state index contributed by atoms with van der Waals surface area (Å²) in [6.45, 7) is 8.32. The Balaban J connectivity index is 1.68. The zero-order chi connectivity index (χ0) is 17.4. The molecule has 1 aromatic carbocycles. The van der Waals surface area contributed by atoms with E-state index in [-0.39, 0.29) is 0 Å². The summed E-state index contributed by atoms with van der Waals surface area (Å²) in [5, 5.41) is 1.81. The van der Waals surface area contributed by atoms with Crippen molar-refractivity contribution in [2.45, 2.75) is 46.1 Å². The molecule has 1 saturated carbocycles. The highest BCUT2D eigenvalue weighted by atomic mass is 35.5. The maximum atomic E-state index is 6.20. The molecule has 5 rings (SSSR count). The normalized spacial score (nSPS) is 28.2. The number of hydrogen-bond donors (Lipinski definition) is 1. The van der Waals surface area contributed by atoms with Gasteiger partial charge in [0, 0.05) is 28.5 Å². The van der Waals surface area contributed by atoms with Crippen LogP contribution in [0.3, 0.4) is 0 Å². The van der Waals surface area contributed by atoms with Gasteiger partial charge in [-0.1, -0.05) is 32.4 Å². The van der Waals surface area contributed by atoms with E-state index in [2.05, 4.69) is 35.6 Å². The van der Waals surface area contributed by atoms with Crippen LogP contribution in [0.5, 0.6) is 0 Å². The first-order valence-corrected chi connectivity index (χ1v) is 9.40. The Bertz CT molecular complexity index is 992. The Morgan fingerprint density at radius 3 is 2.88 bits per heavy atom. The molecule has 1 aliphatic heterocycles. The molecule has 0 radical (unpaired) electrons. The van der Waals surface area contributed by atoms with Crippen molar-refractivity contribution in [1.82, 2.24) is 15.0 Å². The number of rotatable bonds is 1. The van der Waals surface area contributed by atoms with Crippen molar-refractivity contribution in [3.8, 4) is 0 Å². The van der Waals surface area contributed by atoms with E-state index in [0.717, 1.165) is 39.3 Å². The van der Waals surface area contributed by atoms with Gasteiger partial charge in [0.1, 0.15) is 17.4 Å². The van der Waals surface area contributed by atoms with Gasteiger partial charge >= 0.3 is 0 Å². The van der Waals surface area contributed by atoms with Crippen LogP contribution in [0.15, 0.2) is 24.5 Å². The summed E-state index contributed by atoms with van der Waals surface area (Å²) in [5.41, 5.74) is 3.84. The molecule has 2 aliphatic rings. The lowest BCUT2D eigenvalue weighted by molar-refractivity contribution is 0.136. The van der Waals surface area contributed by atoms with Crippen LogP contribution in [0.1, 0.15) is 40.0 Å². The first-order valence-electron chi connectivity index (χ1n) is 9.02. The number of halogens is 1. The number of benzene rings is 1. The lowest BCUT2D eigenvalue weighted by Gasteiger charge is -2.39. The fourth-order valence-electron chi connectivity index (χ4n) is 5.58. The quantitative estimate of drug-likeness (QED) is 0.655. The Morgan fingerprint density at radius 2 is 2.04 bits per heavy atom. The molecule has 0 unspecified atom stereocenters. The first kappa shape index (κ1) is 15.4. The van der Waals surface area contributed by atoms with Gasteiger partial charge in [0.15, 0.2) is 5.82 Å². The van der Waals surface area contributed by atoms with Gasteiger partial charge in [-0.15, -0.1) is 0 Å². The molecule has 2 bridgehead atoms. The van der Waals surface area contributed by atoms with Crippen LogP contribution in [0.2, 0.25) is 5.02 Å². The van der Waals surface area contributed by atoms with E-state index in [0.29, 0.717) is 16.9 Å². The highest BCUT2D eigenvalue weighted by molar-refractivity contribution is 6.31. The van der Waals surface area contributed by atoms with Crippen LogP contribution in [-0.2, 0) is 0 Å². The van der Waals surface area contributed by atoms with Crippen molar-refractivity contribution in [2.75, 3.05) is 11.4 Å². The zero-order valence-electron chi connectivity index (χ0n) is 14.9. The topological polar surface area (TPSA) is 44.8 Å². The van der Waals surface area contributed by atoms with Crippen LogP contribution < -0.4 is 4.90 Å². The summed E-state index contributed by atoms with van der Waals surface area (Å²) >= 11 is 6.20. The van der Waals surface area contributed by atoms with E-state index in [1.165, 1.54) is 19.3 Å². The van der Waals surface area contributed by atoms with E-state index in [1.54, 1.807) is 6.33 Å². The molecule has 130 valence electrons. The minimum absolute atomic E-state index is 0.374.